The fourth-order valence-corrected chi connectivity index (χ4v) is 4.81. The summed E-state index contributed by atoms with van der Waals surface area (Å²) in [4.78, 5) is 4.82. The monoisotopic (exact) mass is 554 g/mol. The summed E-state index contributed by atoms with van der Waals surface area (Å²) in [7, 11) is 5.59. The van der Waals surface area contributed by atoms with Gasteiger partial charge in [-0.3, -0.25) is 0 Å². The van der Waals surface area contributed by atoms with Crippen molar-refractivity contribution in [2.24, 2.45) is 0 Å². The van der Waals surface area contributed by atoms with Gasteiger partial charge in [0.1, 0.15) is 11.5 Å². The Hall–Kier alpha value is -3.66. The average molecular weight is 555 g/mol. The predicted octanol–water partition coefficient (Wildman–Crippen LogP) is 9.69. The van der Waals surface area contributed by atoms with E-state index in [0.29, 0.717) is 0 Å². The second kappa shape index (κ2) is 17.2. The van der Waals surface area contributed by atoms with Gasteiger partial charge in [-0.15, -0.1) is 0 Å². The molecule has 0 fully saturated rings. The van der Waals surface area contributed by atoms with E-state index in [1.54, 1.807) is 14.2 Å². The summed E-state index contributed by atoms with van der Waals surface area (Å²) in [6.07, 6.45) is 15.7. The van der Waals surface area contributed by atoms with Gasteiger partial charge in [-0.25, -0.2) is 0 Å². The van der Waals surface area contributed by atoms with E-state index in [-0.39, 0.29) is 0 Å². The first-order chi connectivity index (χ1) is 20.0. The molecule has 0 N–H and O–H groups in total. The van der Waals surface area contributed by atoms with Crippen LogP contribution in [0.1, 0.15) is 81.5 Å². The highest BCUT2D eigenvalue weighted by Gasteiger charge is 2.09. The van der Waals surface area contributed by atoms with Crippen LogP contribution in [0.3, 0.4) is 0 Å². The molecule has 0 unspecified atom stereocenters. The molecule has 3 rings (SSSR count). The summed E-state index contributed by atoms with van der Waals surface area (Å²) in [6, 6.07) is 21.7. The molecule has 0 radical (unpaired) electrons. The van der Waals surface area contributed by atoms with E-state index in [2.05, 4.69) is 110 Å². The van der Waals surface area contributed by atoms with Crippen LogP contribution in [0.4, 0.5) is 11.4 Å². The Bertz CT molecular complexity index is 1220. The zero-order valence-electron chi connectivity index (χ0n) is 26.2. The van der Waals surface area contributed by atoms with Gasteiger partial charge in [0.05, 0.1) is 14.2 Å². The van der Waals surface area contributed by atoms with Crippen molar-refractivity contribution in [1.29, 1.82) is 0 Å². The lowest BCUT2D eigenvalue weighted by Crippen LogP contribution is -2.25. The molecule has 0 atom stereocenters. The first kappa shape index (κ1) is 31.9. The Morgan fingerprint density at radius 1 is 0.561 bits per heavy atom. The third kappa shape index (κ3) is 9.74. The van der Waals surface area contributed by atoms with E-state index in [1.165, 1.54) is 49.9 Å². The van der Waals surface area contributed by atoms with Crippen molar-refractivity contribution in [3.8, 4) is 11.5 Å². The predicted molar refractivity (Wildman–Crippen MR) is 180 cm³/mol. The van der Waals surface area contributed by atoms with E-state index in [4.69, 9.17) is 9.47 Å². The minimum atomic E-state index is 0.815. The summed E-state index contributed by atoms with van der Waals surface area (Å²) < 4.78 is 11.5. The van der Waals surface area contributed by atoms with Crippen molar-refractivity contribution in [2.75, 3.05) is 50.7 Å². The van der Waals surface area contributed by atoms with Crippen LogP contribution in [-0.4, -0.2) is 40.9 Å². The molecular weight excluding hydrogens is 504 g/mol. The van der Waals surface area contributed by atoms with Gasteiger partial charge < -0.3 is 19.3 Å². The summed E-state index contributed by atoms with van der Waals surface area (Å²) in [5, 5.41) is 0. The second-order valence-electron chi connectivity index (χ2n) is 10.7. The summed E-state index contributed by atoms with van der Waals surface area (Å²) in [5.41, 5.74) is 6.82. The molecule has 220 valence electrons. The molecule has 0 bridgehead atoms. The zero-order chi connectivity index (χ0) is 29.5. The fourth-order valence-electron chi connectivity index (χ4n) is 4.81. The van der Waals surface area contributed by atoms with Crippen LogP contribution in [-0.2, 0) is 0 Å². The topological polar surface area (TPSA) is 24.9 Å². The Morgan fingerprint density at radius 3 is 1.39 bits per heavy atom. The highest BCUT2D eigenvalue weighted by Crippen LogP contribution is 2.32. The SMILES string of the molecule is CCCCN(C)c1ccc(/C=C/c2cc(OC)c(/C=C/c3ccc(N(CCCC)CCCC)cc3)cc2OC)cc1. The van der Waals surface area contributed by atoms with E-state index in [0.717, 1.165) is 53.4 Å². The summed E-state index contributed by atoms with van der Waals surface area (Å²) in [6.45, 7) is 10.0. The molecule has 3 aromatic carbocycles. The molecule has 0 aliphatic heterocycles. The molecule has 4 nitrogen and oxygen atoms in total. The van der Waals surface area contributed by atoms with Crippen LogP contribution in [0.5, 0.6) is 11.5 Å². The van der Waals surface area contributed by atoms with Crippen molar-refractivity contribution in [3.63, 3.8) is 0 Å². The Balaban J connectivity index is 1.75. The molecule has 0 saturated heterocycles. The normalized spacial score (nSPS) is 11.4. The van der Waals surface area contributed by atoms with Crippen molar-refractivity contribution in [1.82, 2.24) is 0 Å². The van der Waals surface area contributed by atoms with Gasteiger partial charge in [-0.05, 0) is 66.8 Å². The maximum atomic E-state index is 5.77. The van der Waals surface area contributed by atoms with Crippen LogP contribution >= 0.6 is 0 Å². The lowest BCUT2D eigenvalue weighted by molar-refractivity contribution is 0.401. The molecule has 0 aromatic heterocycles. The number of hydrogen-bond acceptors (Lipinski definition) is 4. The molecule has 0 spiro atoms. The van der Waals surface area contributed by atoms with Crippen molar-refractivity contribution >= 4 is 35.7 Å². The standard InChI is InChI=1S/C37H50N2O2/c1-7-10-25-38(4)34-21-15-30(16-22-34)13-19-32-28-37(41-6)33(29-36(32)40-5)20-14-31-17-23-35(24-18-31)39(26-11-8-2)27-12-9-3/h13-24,28-29H,7-12,25-27H2,1-6H3/b19-13+,20-14+. The van der Waals surface area contributed by atoms with Crippen LogP contribution in [0.25, 0.3) is 24.3 Å². The third-order valence-corrected chi connectivity index (χ3v) is 7.50. The van der Waals surface area contributed by atoms with Gasteiger partial charge in [0.25, 0.3) is 0 Å². The molecule has 3 aromatic rings. The van der Waals surface area contributed by atoms with Gasteiger partial charge in [-0.2, -0.15) is 0 Å². The number of benzene rings is 3. The van der Waals surface area contributed by atoms with Gasteiger partial charge >= 0.3 is 0 Å². The molecule has 0 aliphatic rings. The van der Waals surface area contributed by atoms with Crippen molar-refractivity contribution in [2.45, 2.75) is 59.3 Å². The minimum absolute atomic E-state index is 0.815. The van der Waals surface area contributed by atoms with Crippen LogP contribution in [0, 0.1) is 0 Å². The summed E-state index contributed by atoms with van der Waals surface area (Å²) >= 11 is 0. The lowest BCUT2D eigenvalue weighted by Gasteiger charge is -2.24. The molecule has 0 saturated carbocycles. The highest BCUT2D eigenvalue weighted by atomic mass is 16.5. The van der Waals surface area contributed by atoms with Crippen LogP contribution in [0.15, 0.2) is 60.7 Å². The van der Waals surface area contributed by atoms with E-state index < -0.39 is 0 Å². The quantitative estimate of drug-likeness (QED) is 0.155. The fraction of sp³-hybridized carbons (Fsp3) is 0.405. The van der Waals surface area contributed by atoms with Crippen molar-refractivity contribution in [3.05, 3.63) is 82.9 Å². The average Bonchev–Trinajstić information content (AvgIpc) is 3.02. The molecule has 0 aliphatic carbocycles. The Morgan fingerprint density at radius 2 is 0.976 bits per heavy atom. The maximum Gasteiger partial charge on any atom is 0.126 e. The minimum Gasteiger partial charge on any atom is -0.496 e. The highest BCUT2D eigenvalue weighted by molar-refractivity contribution is 5.79. The number of methoxy groups -OCH3 is 2. The largest absolute Gasteiger partial charge is 0.496 e. The molecule has 4 heteroatoms. The smallest absolute Gasteiger partial charge is 0.126 e. The molecule has 0 amide bonds. The lowest BCUT2D eigenvalue weighted by atomic mass is 10.0. The second-order valence-corrected chi connectivity index (χ2v) is 10.7. The number of hydrogen-bond donors (Lipinski definition) is 0. The zero-order valence-corrected chi connectivity index (χ0v) is 26.2. The maximum absolute atomic E-state index is 5.77. The first-order valence-corrected chi connectivity index (χ1v) is 15.3. The van der Waals surface area contributed by atoms with Crippen LogP contribution in [0.2, 0.25) is 0 Å². The Kier molecular flexibility index (Phi) is 13.4. The van der Waals surface area contributed by atoms with Gasteiger partial charge in [0.2, 0.25) is 0 Å². The van der Waals surface area contributed by atoms with Crippen LogP contribution < -0.4 is 19.3 Å². The first-order valence-electron chi connectivity index (χ1n) is 15.3. The van der Waals surface area contributed by atoms with Crippen molar-refractivity contribution < 1.29 is 9.47 Å². The van der Waals surface area contributed by atoms with E-state index in [1.807, 2.05) is 12.1 Å². The summed E-state index contributed by atoms with van der Waals surface area (Å²) in [5.74, 6) is 1.63. The number of anilines is 2. The van der Waals surface area contributed by atoms with Gasteiger partial charge in [0.15, 0.2) is 0 Å². The van der Waals surface area contributed by atoms with E-state index in [9.17, 15) is 0 Å². The number of nitrogens with zero attached hydrogens (tertiary/aromatic N) is 2. The Labute approximate surface area is 249 Å². The third-order valence-electron chi connectivity index (χ3n) is 7.50. The number of rotatable bonds is 17. The molecule has 41 heavy (non-hydrogen) atoms. The molecule has 0 heterocycles. The van der Waals surface area contributed by atoms with Gasteiger partial charge in [-0.1, -0.05) is 88.6 Å². The van der Waals surface area contributed by atoms with E-state index >= 15 is 0 Å². The number of unbranched alkanes of at least 4 members (excludes halogenated alkanes) is 3. The number of ether oxygens (including phenoxy) is 2. The van der Waals surface area contributed by atoms with Gasteiger partial charge in [0, 0.05) is 49.2 Å². The molecular formula is C37H50N2O2.